The highest BCUT2D eigenvalue weighted by Gasteiger charge is 2.28. The van der Waals surface area contributed by atoms with E-state index in [4.69, 9.17) is 20.8 Å². The molecule has 1 atom stereocenters. The van der Waals surface area contributed by atoms with E-state index in [-0.39, 0.29) is 17.5 Å². The first kappa shape index (κ1) is 22.7. The molecule has 1 saturated heterocycles. The molecule has 0 bridgehead atoms. The van der Waals surface area contributed by atoms with Crippen molar-refractivity contribution in [1.29, 1.82) is 0 Å². The molecule has 4 rings (SSSR count). The zero-order valence-corrected chi connectivity index (χ0v) is 19.3. The van der Waals surface area contributed by atoms with Crippen molar-refractivity contribution < 1.29 is 17.6 Å². The van der Waals surface area contributed by atoms with Crippen molar-refractivity contribution in [2.45, 2.75) is 10.9 Å². The molecule has 2 aromatic carbocycles. The molecule has 2 heterocycles. The number of benzene rings is 2. The third-order valence-corrected chi connectivity index (χ3v) is 7.35. The van der Waals surface area contributed by atoms with Crippen molar-refractivity contribution in [3.63, 3.8) is 0 Å². The normalized spacial score (nSPS) is 16.1. The van der Waals surface area contributed by atoms with Crippen LogP contribution in [0.4, 0.5) is 5.69 Å². The van der Waals surface area contributed by atoms with Gasteiger partial charge in [-0.15, -0.1) is 0 Å². The van der Waals surface area contributed by atoms with Gasteiger partial charge in [0.05, 0.1) is 24.3 Å². The molecule has 0 amide bonds. The first-order valence-corrected chi connectivity index (χ1v) is 12.2. The number of furan rings is 1. The van der Waals surface area contributed by atoms with Crippen molar-refractivity contribution in [2.24, 2.45) is 0 Å². The highest BCUT2D eigenvalue weighted by atomic mass is 35.5. The van der Waals surface area contributed by atoms with Gasteiger partial charge in [-0.25, -0.2) is 13.1 Å². The molecule has 9 heteroatoms. The van der Waals surface area contributed by atoms with E-state index >= 15 is 0 Å². The maximum atomic E-state index is 12.8. The monoisotopic (exact) mass is 475 g/mol. The van der Waals surface area contributed by atoms with Crippen molar-refractivity contribution in [3.8, 4) is 5.75 Å². The highest BCUT2D eigenvalue weighted by molar-refractivity contribution is 7.89. The molecule has 1 N–H and O–H groups in total. The standard InChI is InChI=1S/C23H26ClN3O4S/c1-30-20-8-6-19(7-9-20)26-12-14-27(15-13-26)22(23-3-2-16-31-23)17-25-32(28,29)21-10-4-18(24)5-11-21/h2-11,16,22,25H,12-15,17H2,1H3. The second kappa shape index (κ2) is 9.95. The average molecular weight is 476 g/mol. The minimum atomic E-state index is -3.66. The molecule has 3 aromatic rings. The van der Waals surface area contributed by atoms with E-state index in [1.807, 2.05) is 24.3 Å². The van der Waals surface area contributed by atoms with Gasteiger partial charge in [0.1, 0.15) is 11.5 Å². The van der Waals surface area contributed by atoms with E-state index in [1.165, 1.54) is 12.1 Å². The number of piperazine rings is 1. The number of nitrogens with one attached hydrogen (secondary N) is 1. The topological polar surface area (TPSA) is 75.0 Å². The lowest BCUT2D eigenvalue weighted by Gasteiger charge is -2.39. The maximum absolute atomic E-state index is 12.8. The second-order valence-corrected chi connectivity index (χ2v) is 9.76. The molecule has 1 aromatic heterocycles. The molecular weight excluding hydrogens is 450 g/mol. The zero-order chi connectivity index (χ0) is 22.6. The van der Waals surface area contributed by atoms with Crippen LogP contribution in [-0.2, 0) is 10.0 Å². The summed E-state index contributed by atoms with van der Waals surface area (Å²) in [4.78, 5) is 4.75. The minimum absolute atomic E-state index is 0.185. The zero-order valence-electron chi connectivity index (χ0n) is 17.8. The van der Waals surface area contributed by atoms with E-state index in [2.05, 4.69) is 26.7 Å². The molecule has 0 radical (unpaired) electrons. The summed E-state index contributed by atoms with van der Waals surface area (Å²) in [6.07, 6.45) is 1.61. The van der Waals surface area contributed by atoms with Crippen LogP contribution in [-0.4, -0.2) is 53.2 Å². The Bertz CT molecular complexity index is 1100. The summed E-state index contributed by atoms with van der Waals surface area (Å²) < 4.78 is 39.2. The van der Waals surface area contributed by atoms with Gasteiger partial charge in [0, 0.05) is 43.4 Å². The third kappa shape index (κ3) is 5.27. The first-order chi connectivity index (χ1) is 15.5. The molecule has 170 valence electrons. The van der Waals surface area contributed by atoms with E-state index < -0.39 is 10.0 Å². The summed E-state index contributed by atoms with van der Waals surface area (Å²) in [7, 11) is -2.01. The molecular formula is C23H26ClN3O4S. The van der Waals surface area contributed by atoms with Gasteiger partial charge in [-0.3, -0.25) is 4.90 Å². The summed E-state index contributed by atoms with van der Waals surface area (Å²) >= 11 is 5.89. The van der Waals surface area contributed by atoms with Crippen molar-refractivity contribution >= 4 is 27.3 Å². The highest BCUT2D eigenvalue weighted by Crippen LogP contribution is 2.26. The summed E-state index contributed by atoms with van der Waals surface area (Å²) in [6, 6.07) is 17.7. The number of methoxy groups -OCH3 is 1. The van der Waals surface area contributed by atoms with E-state index in [0.29, 0.717) is 5.02 Å². The Morgan fingerprint density at radius 3 is 2.31 bits per heavy atom. The largest absolute Gasteiger partial charge is 0.497 e. The first-order valence-electron chi connectivity index (χ1n) is 10.4. The summed E-state index contributed by atoms with van der Waals surface area (Å²) in [5, 5.41) is 0.493. The van der Waals surface area contributed by atoms with Crippen LogP contribution in [0.3, 0.4) is 0 Å². The van der Waals surface area contributed by atoms with Gasteiger partial charge in [-0.05, 0) is 60.7 Å². The van der Waals surface area contributed by atoms with Crippen LogP contribution in [0.2, 0.25) is 5.02 Å². The molecule has 0 aliphatic carbocycles. The molecule has 1 fully saturated rings. The molecule has 32 heavy (non-hydrogen) atoms. The fourth-order valence-corrected chi connectivity index (χ4v) is 5.03. The Balaban J connectivity index is 1.43. The number of ether oxygens (including phenoxy) is 1. The van der Waals surface area contributed by atoms with Gasteiger partial charge in [0.25, 0.3) is 0 Å². The maximum Gasteiger partial charge on any atom is 0.240 e. The van der Waals surface area contributed by atoms with Crippen LogP contribution < -0.4 is 14.4 Å². The predicted octanol–water partition coefficient (Wildman–Crippen LogP) is 3.78. The molecule has 1 unspecified atom stereocenters. The third-order valence-electron chi connectivity index (χ3n) is 5.65. The molecule has 0 spiro atoms. The number of halogens is 1. The van der Waals surface area contributed by atoms with Gasteiger partial charge < -0.3 is 14.1 Å². The van der Waals surface area contributed by atoms with Crippen LogP contribution >= 0.6 is 11.6 Å². The summed E-state index contributed by atoms with van der Waals surface area (Å²) in [5.41, 5.74) is 1.14. The van der Waals surface area contributed by atoms with Gasteiger partial charge in [-0.1, -0.05) is 11.6 Å². The van der Waals surface area contributed by atoms with Gasteiger partial charge in [0.2, 0.25) is 10.0 Å². The van der Waals surface area contributed by atoms with Crippen LogP contribution in [0.15, 0.2) is 76.2 Å². The van der Waals surface area contributed by atoms with Crippen molar-refractivity contribution in [2.75, 3.05) is 44.7 Å². The Labute approximate surface area is 193 Å². The number of nitrogens with zero attached hydrogens (tertiary/aromatic N) is 2. The van der Waals surface area contributed by atoms with Crippen molar-refractivity contribution in [1.82, 2.24) is 9.62 Å². The lowest BCUT2D eigenvalue weighted by atomic mass is 10.1. The Morgan fingerprint density at radius 2 is 1.72 bits per heavy atom. The lowest BCUT2D eigenvalue weighted by molar-refractivity contribution is 0.166. The van der Waals surface area contributed by atoms with Gasteiger partial charge >= 0.3 is 0 Å². The van der Waals surface area contributed by atoms with E-state index in [0.717, 1.165) is 43.4 Å². The average Bonchev–Trinajstić information content (AvgIpc) is 3.35. The molecule has 0 saturated carbocycles. The number of hydrogen-bond acceptors (Lipinski definition) is 6. The smallest absolute Gasteiger partial charge is 0.240 e. The van der Waals surface area contributed by atoms with E-state index in [1.54, 1.807) is 25.5 Å². The number of anilines is 1. The van der Waals surface area contributed by atoms with Crippen LogP contribution in [0.1, 0.15) is 11.8 Å². The summed E-state index contributed by atoms with van der Waals surface area (Å²) in [6.45, 7) is 3.42. The SMILES string of the molecule is COc1ccc(N2CCN(C(CNS(=O)(=O)c3ccc(Cl)cc3)c3ccco3)CC2)cc1. The molecule has 7 nitrogen and oxygen atoms in total. The van der Waals surface area contributed by atoms with E-state index in [9.17, 15) is 8.42 Å². The van der Waals surface area contributed by atoms with Gasteiger partial charge in [0.15, 0.2) is 0 Å². The molecule has 1 aliphatic heterocycles. The fraction of sp³-hybridized carbons (Fsp3) is 0.304. The number of hydrogen-bond donors (Lipinski definition) is 1. The Hall–Kier alpha value is -2.52. The lowest BCUT2D eigenvalue weighted by Crippen LogP contribution is -2.49. The van der Waals surface area contributed by atoms with Crippen LogP contribution in [0.5, 0.6) is 5.75 Å². The Kier molecular flexibility index (Phi) is 7.05. The summed E-state index contributed by atoms with van der Waals surface area (Å²) in [5.74, 6) is 1.57. The number of rotatable bonds is 8. The van der Waals surface area contributed by atoms with Crippen LogP contribution in [0, 0.1) is 0 Å². The quantitative estimate of drug-likeness (QED) is 0.534. The van der Waals surface area contributed by atoms with Gasteiger partial charge in [-0.2, -0.15) is 0 Å². The minimum Gasteiger partial charge on any atom is -0.497 e. The van der Waals surface area contributed by atoms with Crippen molar-refractivity contribution in [3.05, 3.63) is 77.7 Å². The predicted molar refractivity (Wildman–Crippen MR) is 125 cm³/mol. The second-order valence-electron chi connectivity index (χ2n) is 7.56. The number of sulfonamides is 1. The molecule has 1 aliphatic rings. The fourth-order valence-electron chi connectivity index (χ4n) is 3.86. The van der Waals surface area contributed by atoms with Crippen LogP contribution in [0.25, 0.3) is 0 Å². The Morgan fingerprint density at radius 1 is 1.03 bits per heavy atom.